The minimum Gasteiger partial charge on any atom is -0.481 e. The Morgan fingerprint density at radius 3 is 2.63 bits per heavy atom. The molecule has 0 spiro atoms. The van der Waals surface area contributed by atoms with Crippen molar-refractivity contribution in [2.75, 3.05) is 5.32 Å². The summed E-state index contributed by atoms with van der Waals surface area (Å²) in [6.45, 7) is 0. The second-order valence-electron chi connectivity index (χ2n) is 7.62. The largest absolute Gasteiger partial charge is 0.481 e. The Morgan fingerprint density at radius 1 is 1.10 bits per heavy atom. The highest BCUT2D eigenvalue weighted by atomic mass is 16.4. The number of nitrogens with two attached hydrogens (primary N) is 1. The number of hydrogen-bond acceptors (Lipinski definition) is 3. The predicted molar refractivity (Wildman–Crippen MR) is 119 cm³/mol. The van der Waals surface area contributed by atoms with Crippen LogP contribution in [0.3, 0.4) is 0 Å². The summed E-state index contributed by atoms with van der Waals surface area (Å²) >= 11 is 0. The van der Waals surface area contributed by atoms with Crippen LogP contribution in [0, 0.1) is 0 Å². The molecule has 2 aromatic rings. The average Bonchev–Trinajstić information content (AvgIpc) is 2.83. The molecule has 0 bridgehead atoms. The zero-order valence-electron chi connectivity index (χ0n) is 17.0. The normalized spacial score (nSPS) is 18.8. The van der Waals surface area contributed by atoms with E-state index in [1.165, 1.54) is 0 Å². The second kappa shape index (κ2) is 10.6. The van der Waals surface area contributed by atoms with Crippen LogP contribution in [0.4, 0.5) is 5.69 Å². The lowest BCUT2D eigenvalue weighted by Crippen LogP contribution is -2.37. The third-order valence-corrected chi connectivity index (χ3v) is 5.34. The molecule has 5 nitrogen and oxygen atoms in total. The second-order valence-corrected chi connectivity index (χ2v) is 7.62. The quantitative estimate of drug-likeness (QED) is 0.645. The smallest absolute Gasteiger partial charge is 0.303 e. The van der Waals surface area contributed by atoms with Gasteiger partial charge in [-0.1, -0.05) is 60.7 Å². The van der Waals surface area contributed by atoms with Gasteiger partial charge in [0.1, 0.15) is 0 Å². The maximum atomic E-state index is 12.6. The molecular formula is C25H28N2O3. The molecule has 0 radical (unpaired) electrons. The number of carboxylic acids is 1. The van der Waals surface area contributed by atoms with Crippen molar-refractivity contribution in [1.82, 2.24) is 0 Å². The van der Waals surface area contributed by atoms with Crippen molar-refractivity contribution in [3.05, 3.63) is 89.5 Å². The summed E-state index contributed by atoms with van der Waals surface area (Å²) in [5.74, 6) is -0.944. The fourth-order valence-electron chi connectivity index (χ4n) is 3.73. The van der Waals surface area contributed by atoms with E-state index in [1.54, 1.807) is 0 Å². The van der Waals surface area contributed by atoms with Crippen molar-refractivity contribution in [3.63, 3.8) is 0 Å². The summed E-state index contributed by atoms with van der Waals surface area (Å²) in [4.78, 5) is 23.7. The Hall–Kier alpha value is -3.18. The molecule has 0 aliphatic heterocycles. The zero-order chi connectivity index (χ0) is 21.3. The van der Waals surface area contributed by atoms with E-state index in [1.807, 2.05) is 60.7 Å². The molecule has 1 amide bonds. The maximum absolute atomic E-state index is 12.6. The third kappa shape index (κ3) is 6.16. The zero-order valence-corrected chi connectivity index (χ0v) is 17.0. The van der Waals surface area contributed by atoms with Crippen molar-refractivity contribution in [2.45, 2.75) is 44.1 Å². The Balaban J connectivity index is 1.76. The molecule has 0 fully saturated rings. The number of rotatable bonds is 7. The molecule has 2 atom stereocenters. The topological polar surface area (TPSA) is 92.4 Å². The van der Waals surface area contributed by atoms with E-state index in [4.69, 9.17) is 10.8 Å². The molecule has 1 aliphatic carbocycles. The van der Waals surface area contributed by atoms with Gasteiger partial charge in [0.25, 0.3) is 0 Å². The molecule has 156 valence electrons. The van der Waals surface area contributed by atoms with E-state index in [2.05, 4.69) is 17.5 Å². The molecule has 30 heavy (non-hydrogen) atoms. The van der Waals surface area contributed by atoms with Gasteiger partial charge in [-0.3, -0.25) is 9.59 Å². The van der Waals surface area contributed by atoms with Gasteiger partial charge in [0.15, 0.2) is 0 Å². The van der Waals surface area contributed by atoms with E-state index in [-0.39, 0.29) is 18.2 Å². The molecule has 4 N–H and O–H groups in total. The first-order valence-corrected chi connectivity index (χ1v) is 10.3. The summed E-state index contributed by atoms with van der Waals surface area (Å²) in [5, 5.41) is 12.1. The maximum Gasteiger partial charge on any atom is 0.303 e. The number of fused-ring (bicyclic) bond motifs is 1. The fraction of sp³-hybridized carbons (Fsp3) is 0.280. The lowest BCUT2D eigenvalue weighted by molar-refractivity contribution is -0.137. The number of amides is 1. The van der Waals surface area contributed by atoms with E-state index in [9.17, 15) is 9.59 Å². The Morgan fingerprint density at radius 2 is 1.87 bits per heavy atom. The highest BCUT2D eigenvalue weighted by Crippen LogP contribution is 2.32. The van der Waals surface area contributed by atoms with Crippen LogP contribution in [0.15, 0.2) is 72.8 Å². The Labute approximate surface area is 177 Å². The minimum atomic E-state index is -0.796. The lowest BCUT2D eigenvalue weighted by atomic mass is 9.86. The van der Waals surface area contributed by atoms with Crippen LogP contribution in [0.2, 0.25) is 0 Å². The van der Waals surface area contributed by atoms with Gasteiger partial charge in [-0.15, -0.1) is 0 Å². The molecule has 3 rings (SSSR count). The average molecular weight is 405 g/mol. The number of anilines is 1. The fourth-order valence-corrected chi connectivity index (χ4v) is 3.73. The van der Waals surface area contributed by atoms with Gasteiger partial charge < -0.3 is 16.2 Å². The van der Waals surface area contributed by atoms with Gasteiger partial charge in [0.2, 0.25) is 5.91 Å². The van der Waals surface area contributed by atoms with Gasteiger partial charge in [0, 0.05) is 12.1 Å². The SMILES string of the molecule is NC(Cc1ccccc1)C(=O)Nc1ccc2c(c1)C(CCC(=O)O)C/C=C\C=C/C2. The summed E-state index contributed by atoms with van der Waals surface area (Å²) in [6, 6.07) is 14.9. The lowest BCUT2D eigenvalue weighted by Gasteiger charge is -2.20. The number of carbonyl (C=O) groups excluding carboxylic acids is 1. The van der Waals surface area contributed by atoms with Crippen molar-refractivity contribution in [1.29, 1.82) is 0 Å². The van der Waals surface area contributed by atoms with Crippen molar-refractivity contribution >= 4 is 17.6 Å². The van der Waals surface area contributed by atoms with E-state index < -0.39 is 12.0 Å². The predicted octanol–water partition coefficient (Wildman–Crippen LogP) is 4.20. The summed E-state index contributed by atoms with van der Waals surface area (Å²) in [5.41, 5.74) is 10.1. The number of allylic oxidation sites excluding steroid dienone is 4. The van der Waals surface area contributed by atoms with E-state index in [0.29, 0.717) is 18.5 Å². The molecule has 0 heterocycles. The molecule has 0 saturated carbocycles. The summed E-state index contributed by atoms with van der Waals surface area (Å²) in [6.07, 6.45) is 10.8. The Kier molecular flexibility index (Phi) is 7.57. The van der Waals surface area contributed by atoms with Crippen molar-refractivity contribution in [3.8, 4) is 0 Å². The highest BCUT2D eigenvalue weighted by molar-refractivity contribution is 5.95. The van der Waals surface area contributed by atoms with Crippen LogP contribution in [0.5, 0.6) is 0 Å². The molecule has 1 aliphatic rings. The standard InChI is InChI=1S/C25H28N2O3/c26-23(16-18-8-4-3-5-9-18)25(30)27-21-14-12-19-10-6-1-2-7-11-20(22(19)17-21)13-15-24(28)29/h1-9,12,14,17,20,23H,10-11,13,15-16,26H2,(H,27,30)(H,28,29)/b6-1-,7-2-. The van der Waals surface area contributed by atoms with Gasteiger partial charge >= 0.3 is 5.97 Å². The van der Waals surface area contributed by atoms with Gasteiger partial charge in [-0.05, 0) is 60.4 Å². The highest BCUT2D eigenvalue weighted by Gasteiger charge is 2.19. The van der Waals surface area contributed by atoms with Crippen LogP contribution < -0.4 is 11.1 Å². The first-order valence-electron chi connectivity index (χ1n) is 10.3. The third-order valence-electron chi connectivity index (χ3n) is 5.34. The number of aliphatic carboxylic acids is 1. The molecule has 2 aromatic carbocycles. The summed E-state index contributed by atoms with van der Waals surface area (Å²) < 4.78 is 0. The first-order chi connectivity index (χ1) is 14.5. The number of carboxylic acid groups (broad SMARTS) is 1. The van der Waals surface area contributed by atoms with E-state index in [0.717, 1.165) is 29.5 Å². The van der Waals surface area contributed by atoms with Gasteiger partial charge in [-0.2, -0.15) is 0 Å². The molecule has 0 saturated heterocycles. The van der Waals surface area contributed by atoms with Crippen LogP contribution >= 0.6 is 0 Å². The minimum absolute atomic E-state index is 0.0853. The van der Waals surface area contributed by atoms with Crippen LogP contribution in [0.1, 0.15) is 41.9 Å². The van der Waals surface area contributed by atoms with Crippen molar-refractivity contribution < 1.29 is 14.7 Å². The van der Waals surface area contributed by atoms with Gasteiger partial charge in [0.05, 0.1) is 6.04 Å². The number of hydrogen-bond donors (Lipinski definition) is 3. The molecule has 2 unspecified atom stereocenters. The Bertz CT molecular complexity index is 935. The van der Waals surface area contributed by atoms with Crippen LogP contribution in [-0.4, -0.2) is 23.0 Å². The number of nitrogens with one attached hydrogen (secondary N) is 1. The van der Waals surface area contributed by atoms with Gasteiger partial charge in [-0.25, -0.2) is 0 Å². The monoisotopic (exact) mass is 404 g/mol. The van der Waals surface area contributed by atoms with E-state index >= 15 is 0 Å². The van der Waals surface area contributed by atoms with Crippen molar-refractivity contribution in [2.24, 2.45) is 5.73 Å². The summed E-state index contributed by atoms with van der Waals surface area (Å²) in [7, 11) is 0. The number of carbonyl (C=O) groups is 2. The first kappa shape index (κ1) is 21.5. The molecule has 0 aromatic heterocycles. The number of benzene rings is 2. The van der Waals surface area contributed by atoms with Crippen LogP contribution in [-0.2, 0) is 22.4 Å². The molecule has 5 heteroatoms. The molecular weight excluding hydrogens is 376 g/mol. The van der Waals surface area contributed by atoms with Crippen LogP contribution in [0.25, 0.3) is 0 Å².